The fourth-order valence-corrected chi connectivity index (χ4v) is 2.31. The highest BCUT2D eigenvalue weighted by molar-refractivity contribution is 5.80. The summed E-state index contributed by atoms with van der Waals surface area (Å²) in [4.78, 5) is 15.6. The van der Waals surface area contributed by atoms with Gasteiger partial charge in [0.2, 0.25) is 0 Å². The van der Waals surface area contributed by atoms with Crippen molar-refractivity contribution in [1.29, 1.82) is 0 Å². The maximum atomic E-state index is 5.76. The highest BCUT2D eigenvalue weighted by atomic mass is 16.5. The van der Waals surface area contributed by atoms with Crippen LogP contribution in [-0.4, -0.2) is 32.6 Å². The summed E-state index contributed by atoms with van der Waals surface area (Å²) in [7, 11) is 1.76. The van der Waals surface area contributed by atoms with Gasteiger partial charge in [0.1, 0.15) is 17.7 Å². The molecule has 2 heterocycles. The quantitative estimate of drug-likeness (QED) is 0.826. The molecule has 1 saturated carbocycles. The van der Waals surface area contributed by atoms with Crippen molar-refractivity contribution in [1.82, 2.24) is 19.9 Å². The molecule has 0 atom stereocenters. The van der Waals surface area contributed by atoms with Gasteiger partial charge in [0.15, 0.2) is 11.5 Å². The van der Waals surface area contributed by atoms with Crippen molar-refractivity contribution in [3.05, 3.63) is 12.2 Å². The second-order valence-electron chi connectivity index (χ2n) is 4.56. The molecule has 3 N–H and O–H groups in total. The van der Waals surface area contributed by atoms with E-state index in [4.69, 9.17) is 10.5 Å². The predicted molar refractivity (Wildman–Crippen MR) is 63.4 cm³/mol. The van der Waals surface area contributed by atoms with E-state index in [1.165, 1.54) is 12.7 Å². The summed E-state index contributed by atoms with van der Waals surface area (Å²) in [6, 6.07) is 0. The molecular weight excluding hydrogens is 218 g/mol. The lowest BCUT2D eigenvalue weighted by molar-refractivity contribution is -0.0719. The van der Waals surface area contributed by atoms with Gasteiger partial charge in [0.05, 0.1) is 5.60 Å². The number of aromatic amines is 1. The Morgan fingerprint density at radius 2 is 2.29 bits per heavy atom. The number of nitrogen functional groups attached to an aromatic ring is 1. The van der Waals surface area contributed by atoms with Gasteiger partial charge in [-0.2, -0.15) is 0 Å². The molecule has 0 radical (unpaired) electrons. The van der Waals surface area contributed by atoms with Gasteiger partial charge in [0.25, 0.3) is 0 Å². The van der Waals surface area contributed by atoms with Crippen molar-refractivity contribution in [3.8, 4) is 0 Å². The lowest BCUT2D eigenvalue weighted by Gasteiger charge is -2.39. The van der Waals surface area contributed by atoms with Crippen LogP contribution < -0.4 is 5.73 Å². The molecule has 1 fully saturated rings. The molecule has 0 aliphatic heterocycles. The number of imidazole rings is 1. The Morgan fingerprint density at radius 1 is 1.47 bits per heavy atom. The molecule has 0 bridgehead atoms. The predicted octanol–water partition coefficient (Wildman–Crippen LogP) is 1.05. The fraction of sp³-hybridized carbons (Fsp3) is 0.545. The van der Waals surface area contributed by atoms with Crippen LogP contribution in [0.15, 0.2) is 6.33 Å². The molecule has 6 heteroatoms. The number of nitrogens with one attached hydrogen (secondary N) is 1. The molecular formula is C11H15N5O. The number of hydrogen-bond donors (Lipinski definition) is 2. The van der Waals surface area contributed by atoms with Gasteiger partial charge in [-0.1, -0.05) is 0 Å². The molecule has 0 spiro atoms. The minimum absolute atomic E-state index is 0.0456. The third-order valence-electron chi connectivity index (χ3n) is 3.55. The minimum atomic E-state index is -0.0456. The van der Waals surface area contributed by atoms with Gasteiger partial charge in [-0.15, -0.1) is 0 Å². The van der Waals surface area contributed by atoms with Crippen LogP contribution in [0.1, 0.15) is 25.1 Å². The monoisotopic (exact) mass is 233 g/mol. The first-order chi connectivity index (χ1) is 8.22. The van der Waals surface area contributed by atoms with Gasteiger partial charge in [-0.25, -0.2) is 15.0 Å². The van der Waals surface area contributed by atoms with Crippen LogP contribution in [-0.2, 0) is 11.2 Å². The number of H-pyrrole nitrogens is 1. The molecule has 0 unspecified atom stereocenters. The molecule has 3 rings (SSSR count). The lowest BCUT2D eigenvalue weighted by Crippen LogP contribution is -2.41. The highest BCUT2D eigenvalue weighted by Gasteiger charge is 2.38. The van der Waals surface area contributed by atoms with Crippen LogP contribution >= 0.6 is 0 Å². The van der Waals surface area contributed by atoms with E-state index in [1.807, 2.05) is 0 Å². The first-order valence-electron chi connectivity index (χ1n) is 5.73. The van der Waals surface area contributed by atoms with Crippen molar-refractivity contribution >= 4 is 17.0 Å². The third kappa shape index (κ3) is 1.64. The molecule has 1 aliphatic carbocycles. The molecule has 2 aromatic heterocycles. The number of hydrogen-bond acceptors (Lipinski definition) is 5. The summed E-state index contributed by atoms with van der Waals surface area (Å²) in [6.07, 6.45) is 5.59. The van der Waals surface area contributed by atoms with E-state index >= 15 is 0 Å². The maximum Gasteiger partial charge on any atom is 0.183 e. The number of nitrogens with two attached hydrogens (primary N) is 1. The number of anilines is 1. The second-order valence-corrected chi connectivity index (χ2v) is 4.56. The summed E-state index contributed by atoms with van der Waals surface area (Å²) in [5.74, 6) is 1.31. The van der Waals surface area contributed by atoms with E-state index in [2.05, 4.69) is 19.9 Å². The van der Waals surface area contributed by atoms with E-state index in [1.54, 1.807) is 7.11 Å². The van der Waals surface area contributed by atoms with Crippen LogP contribution in [0, 0.1) is 0 Å². The normalized spacial score (nSPS) is 18.2. The van der Waals surface area contributed by atoms with E-state index in [-0.39, 0.29) is 5.60 Å². The summed E-state index contributed by atoms with van der Waals surface area (Å²) in [5.41, 5.74) is 7.05. The Labute approximate surface area is 98.6 Å². The van der Waals surface area contributed by atoms with Crippen molar-refractivity contribution in [2.75, 3.05) is 12.8 Å². The van der Waals surface area contributed by atoms with Crippen LogP contribution in [0.25, 0.3) is 11.2 Å². The number of rotatable bonds is 3. The van der Waals surface area contributed by atoms with Gasteiger partial charge in [-0.05, 0) is 19.3 Å². The number of aromatic nitrogens is 4. The average molecular weight is 233 g/mol. The van der Waals surface area contributed by atoms with E-state index in [0.29, 0.717) is 17.0 Å². The molecule has 6 nitrogen and oxygen atoms in total. The van der Waals surface area contributed by atoms with Gasteiger partial charge < -0.3 is 15.5 Å². The second kappa shape index (κ2) is 3.66. The number of ether oxygens (including phenoxy) is 1. The number of nitrogens with zero attached hydrogens (tertiary/aromatic N) is 3. The van der Waals surface area contributed by atoms with Crippen LogP contribution in [0.4, 0.5) is 5.82 Å². The Bertz CT molecular complexity index is 540. The molecule has 17 heavy (non-hydrogen) atoms. The van der Waals surface area contributed by atoms with Gasteiger partial charge in [0, 0.05) is 13.5 Å². The Balaban J connectivity index is 1.93. The summed E-state index contributed by atoms with van der Waals surface area (Å²) >= 11 is 0. The van der Waals surface area contributed by atoms with E-state index < -0.39 is 0 Å². The minimum Gasteiger partial charge on any atom is -0.382 e. The van der Waals surface area contributed by atoms with Crippen LogP contribution in [0.2, 0.25) is 0 Å². The first kappa shape index (κ1) is 10.5. The van der Waals surface area contributed by atoms with Crippen molar-refractivity contribution in [3.63, 3.8) is 0 Å². The smallest absolute Gasteiger partial charge is 0.183 e. The Hall–Kier alpha value is -1.69. The fourth-order valence-electron chi connectivity index (χ4n) is 2.31. The molecule has 90 valence electrons. The molecule has 0 aromatic carbocycles. The highest BCUT2D eigenvalue weighted by Crippen LogP contribution is 2.37. The third-order valence-corrected chi connectivity index (χ3v) is 3.55. The number of methoxy groups -OCH3 is 1. The van der Waals surface area contributed by atoms with Crippen molar-refractivity contribution in [2.45, 2.75) is 31.3 Å². The SMILES string of the molecule is COC1(Cc2nc3ncnc(N)c3[nH]2)CCC1. The molecule has 0 saturated heterocycles. The van der Waals surface area contributed by atoms with Gasteiger partial charge >= 0.3 is 0 Å². The van der Waals surface area contributed by atoms with Crippen molar-refractivity contribution in [2.24, 2.45) is 0 Å². The largest absolute Gasteiger partial charge is 0.382 e. The maximum absolute atomic E-state index is 5.76. The summed E-state index contributed by atoms with van der Waals surface area (Å²) < 4.78 is 5.58. The zero-order valence-electron chi connectivity index (χ0n) is 9.73. The Morgan fingerprint density at radius 3 is 2.88 bits per heavy atom. The van der Waals surface area contributed by atoms with Crippen LogP contribution in [0.5, 0.6) is 0 Å². The summed E-state index contributed by atoms with van der Waals surface area (Å²) in [6.45, 7) is 0. The average Bonchev–Trinajstić information content (AvgIpc) is 2.68. The van der Waals surface area contributed by atoms with Crippen LogP contribution in [0.3, 0.4) is 0 Å². The van der Waals surface area contributed by atoms with E-state index in [0.717, 1.165) is 25.1 Å². The molecule has 0 amide bonds. The zero-order valence-corrected chi connectivity index (χ0v) is 9.73. The van der Waals surface area contributed by atoms with Crippen molar-refractivity contribution < 1.29 is 4.74 Å². The Kier molecular flexibility index (Phi) is 2.25. The number of fused-ring (bicyclic) bond motifs is 1. The lowest BCUT2D eigenvalue weighted by atomic mass is 9.77. The van der Waals surface area contributed by atoms with Gasteiger partial charge in [-0.3, -0.25) is 0 Å². The molecule has 2 aromatic rings. The first-order valence-corrected chi connectivity index (χ1v) is 5.73. The summed E-state index contributed by atoms with van der Waals surface area (Å²) in [5, 5.41) is 0. The zero-order chi connectivity index (χ0) is 11.9. The standard InChI is InChI=1S/C11H15N5O/c1-17-11(3-2-4-11)5-7-15-8-9(12)13-6-14-10(8)16-7/h6H,2-5H2,1H3,(H3,12,13,14,15,16). The molecule has 1 aliphatic rings. The van der Waals surface area contributed by atoms with E-state index in [9.17, 15) is 0 Å². The topological polar surface area (TPSA) is 89.7 Å².